The van der Waals surface area contributed by atoms with Gasteiger partial charge in [0.2, 0.25) is 0 Å². The third-order valence-electron chi connectivity index (χ3n) is 6.66. The maximum atomic E-state index is 9.82. The maximum Gasteiger partial charge on any atom is 0.115 e. The van der Waals surface area contributed by atoms with Crippen molar-refractivity contribution >= 4 is 0 Å². The lowest BCUT2D eigenvalue weighted by atomic mass is 9.73. The summed E-state index contributed by atoms with van der Waals surface area (Å²) in [6.07, 6.45) is 1.96. The molecule has 0 aliphatic rings. The predicted molar refractivity (Wildman–Crippen MR) is 139 cm³/mol. The van der Waals surface area contributed by atoms with Gasteiger partial charge >= 0.3 is 0 Å². The average molecular weight is 452 g/mol. The van der Waals surface area contributed by atoms with Crippen LogP contribution in [0.4, 0.5) is 0 Å². The van der Waals surface area contributed by atoms with E-state index in [2.05, 4.69) is 72.5 Å². The number of nitrogens with zero attached hydrogens (tertiary/aromatic N) is 1. The molecule has 0 aromatic heterocycles. The van der Waals surface area contributed by atoms with E-state index in [-0.39, 0.29) is 16.9 Å². The summed E-state index contributed by atoms with van der Waals surface area (Å²) < 4.78 is 0. The van der Waals surface area contributed by atoms with E-state index in [1.54, 1.807) is 24.3 Å². The molecule has 0 heterocycles. The highest BCUT2D eigenvalue weighted by Gasteiger charge is 2.29. The van der Waals surface area contributed by atoms with Crippen LogP contribution in [0.25, 0.3) is 0 Å². The number of hydrogen-bond donors (Lipinski definition) is 2. The van der Waals surface area contributed by atoms with Crippen LogP contribution in [0.1, 0.15) is 42.0 Å². The zero-order valence-corrected chi connectivity index (χ0v) is 19.8. The molecule has 0 bridgehead atoms. The molecule has 4 rings (SSSR count). The van der Waals surface area contributed by atoms with E-state index in [1.807, 2.05) is 24.3 Å². The van der Waals surface area contributed by atoms with Crippen LogP contribution in [0, 0.1) is 0 Å². The van der Waals surface area contributed by atoms with Gasteiger partial charge in [0.25, 0.3) is 0 Å². The molecular formula is C31H33NO2. The summed E-state index contributed by atoms with van der Waals surface area (Å²) in [5.41, 5.74) is 4.73. The number of phenols is 2. The topological polar surface area (TPSA) is 43.7 Å². The molecule has 2 N–H and O–H groups in total. The number of aromatic hydroxyl groups is 2. The first-order chi connectivity index (χ1) is 16.5. The second kappa shape index (κ2) is 11.0. The fourth-order valence-corrected chi connectivity index (χ4v) is 4.67. The molecule has 0 spiro atoms. The van der Waals surface area contributed by atoms with Crippen LogP contribution >= 0.6 is 0 Å². The summed E-state index contributed by atoms with van der Waals surface area (Å²) in [6.45, 7) is 5.04. The van der Waals surface area contributed by atoms with Gasteiger partial charge in [0.05, 0.1) is 0 Å². The molecular weight excluding hydrogens is 418 g/mol. The molecule has 34 heavy (non-hydrogen) atoms. The Balaban J connectivity index is 1.53. The Bertz CT molecular complexity index is 1050. The summed E-state index contributed by atoms with van der Waals surface area (Å²) in [5, 5.41) is 19.6. The van der Waals surface area contributed by atoms with Crippen molar-refractivity contribution in [1.82, 2.24) is 4.90 Å². The zero-order valence-electron chi connectivity index (χ0n) is 19.8. The summed E-state index contributed by atoms with van der Waals surface area (Å²) in [5.74, 6) is 0.544. The van der Waals surface area contributed by atoms with Crippen LogP contribution in [0.2, 0.25) is 0 Å². The van der Waals surface area contributed by atoms with Crippen LogP contribution in [-0.4, -0.2) is 21.7 Å². The number of benzene rings is 4. The third-order valence-corrected chi connectivity index (χ3v) is 6.66. The minimum atomic E-state index is -0.230. The lowest BCUT2D eigenvalue weighted by Crippen LogP contribution is -2.28. The van der Waals surface area contributed by atoms with Crippen molar-refractivity contribution in [3.05, 3.63) is 131 Å². The van der Waals surface area contributed by atoms with Gasteiger partial charge in [0.1, 0.15) is 11.5 Å². The Morgan fingerprint density at radius 3 is 1.41 bits per heavy atom. The first kappa shape index (κ1) is 23.6. The van der Waals surface area contributed by atoms with Crippen molar-refractivity contribution in [3.63, 3.8) is 0 Å². The second-order valence-electron chi connectivity index (χ2n) is 9.21. The minimum Gasteiger partial charge on any atom is -0.508 e. The van der Waals surface area contributed by atoms with E-state index >= 15 is 0 Å². The third kappa shape index (κ3) is 6.06. The molecule has 0 unspecified atom stereocenters. The highest BCUT2D eigenvalue weighted by atomic mass is 16.3. The smallest absolute Gasteiger partial charge is 0.115 e. The largest absolute Gasteiger partial charge is 0.508 e. The van der Waals surface area contributed by atoms with Crippen molar-refractivity contribution in [3.8, 4) is 11.5 Å². The van der Waals surface area contributed by atoms with E-state index < -0.39 is 0 Å². The monoisotopic (exact) mass is 451 g/mol. The fourth-order valence-electron chi connectivity index (χ4n) is 4.67. The van der Waals surface area contributed by atoms with Gasteiger partial charge in [-0.3, -0.25) is 4.90 Å². The minimum absolute atomic E-state index is 0.230. The maximum absolute atomic E-state index is 9.82. The molecule has 0 saturated heterocycles. The molecule has 0 atom stereocenters. The quantitative estimate of drug-likeness (QED) is 0.276. The molecule has 0 aliphatic heterocycles. The Morgan fingerprint density at radius 2 is 1.00 bits per heavy atom. The second-order valence-corrected chi connectivity index (χ2v) is 9.21. The van der Waals surface area contributed by atoms with E-state index in [9.17, 15) is 10.2 Å². The molecule has 174 valence electrons. The van der Waals surface area contributed by atoms with Gasteiger partial charge in [-0.1, -0.05) is 91.9 Å². The zero-order chi connectivity index (χ0) is 23.8. The van der Waals surface area contributed by atoms with E-state index in [1.165, 1.54) is 11.1 Å². The summed E-state index contributed by atoms with van der Waals surface area (Å²) in [6, 6.07) is 36.3. The SMILES string of the molecule is CC(CCCN(Cc1ccccc1)Cc1ccccc1)(c1ccc(O)cc1)c1ccc(O)cc1. The number of phenolic OH excluding ortho intramolecular Hbond substituents is 2. The summed E-state index contributed by atoms with van der Waals surface area (Å²) >= 11 is 0. The van der Waals surface area contributed by atoms with Crippen molar-refractivity contribution in [2.75, 3.05) is 6.54 Å². The molecule has 0 radical (unpaired) electrons. The van der Waals surface area contributed by atoms with Crippen LogP contribution < -0.4 is 0 Å². The van der Waals surface area contributed by atoms with Crippen molar-refractivity contribution in [2.45, 2.75) is 38.3 Å². The van der Waals surface area contributed by atoms with Gasteiger partial charge in [-0.05, 0) is 65.9 Å². The van der Waals surface area contributed by atoms with E-state index in [4.69, 9.17) is 0 Å². The fraction of sp³-hybridized carbons (Fsp3) is 0.226. The average Bonchev–Trinajstić information content (AvgIpc) is 2.86. The van der Waals surface area contributed by atoms with E-state index in [0.29, 0.717) is 0 Å². The van der Waals surface area contributed by atoms with Gasteiger partial charge in [0, 0.05) is 18.5 Å². The van der Waals surface area contributed by atoms with Gasteiger partial charge in [-0.15, -0.1) is 0 Å². The van der Waals surface area contributed by atoms with Gasteiger partial charge < -0.3 is 10.2 Å². The predicted octanol–water partition coefficient (Wildman–Crippen LogP) is 6.89. The van der Waals surface area contributed by atoms with Crippen LogP contribution in [0.15, 0.2) is 109 Å². The van der Waals surface area contributed by atoms with Gasteiger partial charge in [0.15, 0.2) is 0 Å². The van der Waals surface area contributed by atoms with Gasteiger partial charge in [-0.2, -0.15) is 0 Å². The molecule has 3 heteroatoms. The number of rotatable bonds is 10. The Morgan fingerprint density at radius 1 is 0.588 bits per heavy atom. The van der Waals surface area contributed by atoms with Crippen LogP contribution in [0.3, 0.4) is 0 Å². The Labute approximate surface area is 203 Å². The Hall–Kier alpha value is -3.56. The first-order valence-corrected chi connectivity index (χ1v) is 11.9. The highest BCUT2D eigenvalue weighted by Crippen LogP contribution is 2.38. The Kier molecular flexibility index (Phi) is 7.66. The molecule has 0 saturated carbocycles. The molecule has 4 aromatic carbocycles. The summed E-state index contributed by atoms with van der Waals surface area (Å²) in [7, 11) is 0. The molecule has 0 aliphatic carbocycles. The summed E-state index contributed by atoms with van der Waals surface area (Å²) in [4.78, 5) is 2.51. The van der Waals surface area contributed by atoms with Crippen LogP contribution in [-0.2, 0) is 18.5 Å². The molecule has 0 amide bonds. The van der Waals surface area contributed by atoms with Crippen molar-refractivity contribution in [2.24, 2.45) is 0 Å². The first-order valence-electron chi connectivity index (χ1n) is 11.9. The standard InChI is InChI=1S/C31H33NO2/c1-31(27-13-17-29(33)18-14-27,28-15-19-30(34)20-16-28)21-8-22-32(23-25-9-4-2-5-10-25)24-26-11-6-3-7-12-26/h2-7,9-20,33-34H,8,21-24H2,1H3. The molecule has 0 fully saturated rings. The molecule has 3 nitrogen and oxygen atoms in total. The van der Waals surface area contributed by atoms with Crippen LogP contribution in [0.5, 0.6) is 11.5 Å². The van der Waals surface area contributed by atoms with E-state index in [0.717, 1.165) is 43.6 Å². The normalized spacial score (nSPS) is 11.6. The van der Waals surface area contributed by atoms with Crippen molar-refractivity contribution < 1.29 is 10.2 Å². The van der Waals surface area contributed by atoms with Gasteiger partial charge in [-0.25, -0.2) is 0 Å². The number of hydrogen-bond acceptors (Lipinski definition) is 3. The molecule has 4 aromatic rings. The lowest BCUT2D eigenvalue weighted by Gasteiger charge is -2.32. The lowest BCUT2D eigenvalue weighted by molar-refractivity contribution is 0.244. The van der Waals surface area contributed by atoms with Crippen molar-refractivity contribution in [1.29, 1.82) is 0 Å². The highest BCUT2D eigenvalue weighted by molar-refractivity contribution is 5.42.